The van der Waals surface area contributed by atoms with E-state index >= 15 is 0 Å². The van der Waals surface area contributed by atoms with Gasteiger partial charge in [-0.1, -0.05) is 11.8 Å². The Morgan fingerprint density at radius 1 is 1.50 bits per heavy atom. The van der Waals surface area contributed by atoms with Gasteiger partial charge in [-0.3, -0.25) is 4.79 Å². The molecule has 7 nitrogen and oxygen atoms in total. The van der Waals surface area contributed by atoms with Gasteiger partial charge in [0.05, 0.1) is 11.9 Å². The van der Waals surface area contributed by atoms with Gasteiger partial charge >= 0.3 is 0 Å². The maximum absolute atomic E-state index is 12.0. The first-order valence-corrected chi connectivity index (χ1v) is 7.39. The summed E-state index contributed by atoms with van der Waals surface area (Å²) in [6.45, 7) is 5.37. The van der Waals surface area contributed by atoms with Crippen LogP contribution in [0.15, 0.2) is 23.6 Å². The molecule has 0 fully saturated rings. The van der Waals surface area contributed by atoms with E-state index in [1.807, 2.05) is 24.4 Å². The summed E-state index contributed by atoms with van der Waals surface area (Å²) in [6.07, 6.45) is 5.25. The number of nitrogens with one attached hydrogen (secondary N) is 1. The molecule has 20 heavy (non-hydrogen) atoms. The van der Waals surface area contributed by atoms with Crippen molar-refractivity contribution in [2.45, 2.75) is 18.9 Å². The molecule has 0 saturated carbocycles. The van der Waals surface area contributed by atoms with E-state index in [2.05, 4.69) is 15.4 Å². The first-order valence-electron chi connectivity index (χ1n) is 6.40. The zero-order valence-electron chi connectivity index (χ0n) is 11.5. The second-order valence-corrected chi connectivity index (χ2v) is 5.05. The Labute approximate surface area is 121 Å². The minimum Gasteiger partial charge on any atom is -0.343 e. The van der Waals surface area contributed by atoms with Gasteiger partial charge in [0.1, 0.15) is 5.03 Å². The number of nitrogens with two attached hydrogens (primary N) is 1. The molecule has 0 atom stereocenters. The van der Waals surface area contributed by atoms with Gasteiger partial charge in [0, 0.05) is 25.5 Å². The van der Waals surface area contributed by atoms with Crippen molar-refractivity contribution >= 4 is 29.1 Å². The molecule has 2 aromatic heterocycles. The van der Waals surface area contributed by atoms with Gasteiger partial charge in [-0.05, 0) is 13.8 Å². The third-order valence-corrected chi connectivity index (χ3v) is 3.88. The Morgan fingerprint density at radius 3 is 2.90 bits per heavy atom. The molecule has 2 heterocycles. The van der Waals surface area contributed by atoms with Crippen molar-refractivity contribution < 1.29 is 4.79 Å². The molecule has 2 aromatic rings. The number of anilines is 1. The highest BCUT2D eigenvalue weighted by Crippen LogP contribution is 2.22. The number of rotatable bonds is 6. The minimum absolute atomic E-state index is 0.0950. The molecule has 0 unspecified atom stereocenters. The zero-order chi connectivity index (χ0) is 14.5. The quantitative estimate of drug-likeness (QED) is 0.469. The summed E-state index contributed by atoms with van der Waals surface area (Å²) in [7, 11) is 0. The number of carbonyl (C=O) groups excluding carboxylic acids is 1. The second kappa shape index (κ2) is 6.58. The molecular weight excluding hydrogens is 276 g/mol. The van der Waals surface area contributed by atoms with E-state index in [1.54, 1.807) is 17.3 Å². The molecule has 0 aliphatic carbocycles. The van der Waals surface area contributed by atoms with Crippen LogP contribution in [0.3, 0.4) is 0 Å². The molecule has 0 bridgehead atoms. The van der Waals surface area contributed by atoms with Gasteiger partial charge in [0.25, 0.3) is 0 Å². The van der Waals surface area contributed by atoms with E-state index in [4.69, 9.17) is 5.84 Å². The molecule has 0 saturated heterocycles. The summed E-state index contributed by atoms with van der Waals surface area (Å²) in [4.78, 5) is 22.4. The average Bonchev–Trinajstić information content (AvgIpc) is 2.94. The topological polar surface area (TPSA) is 88.5 Å². The normalized spacial score (nSPS) is 10.8. The van der Waals surface area contributed by atoms with E-state index < -0.39 is 0 Å². The van der Waals surface area contributed by atoms with Crippen LogP contribution in [0.2, 0.25) is 0 Å². The lowest BCUT2D eigenvalue weighted by atomic mass is 10.5. The summed E-state index contributed by atoms with van der Waals surface area (Å²) in [5.41, 5.74) is 3.24. The first kappa shape index (κ1) is 14.6. The van der Waals surface area contributed by atoms with Crippen LogP contribution in [0.25, 0.3) is 5.65 Å². The van der Waals surface area contributed by atoms with E-state index in [-0.39, 0.29) is 5.91 Å². The van der Waals surface area contributed by atoms with Crippen molar-refractivity contribution in [2.75, 3.05) is 24.3 Å². The summed E-state index contributed by atoms with van der Waals surface area (Å²) in [5.74, 6) is 6.36. The Morgan fingerprint density at radius 2 is 2.25 bits per heavy atom. The van der Waals surface area contributed by atoms with Crippen LogP contribution in [-0.2, 0) is 4.79 Å². The number of nitrogens with zero attached hydrogens (tertiary/aromatic N) is 4. The largest absolute Gasteiger partial charge is 0.343 e. The fraction of sp³-hybridized carbons (Fsp3) is 0.417. The maximum atomic E-state index is 12.0. The van der Waals surface area contributed by atoms with Crippen molar-refractivity contribution in [1.82, 2.24) is 19.3 Å². The molecular formula is C12H18N6OS. The monoisotopic (exact) mass is 294 g/mol. The number of aromatic nitrogens is 3. The SMILES string of the molecule is CCN(CC)C(=O)CSc1nc(NN)cn2ccnc12. The summed E-state index contributed by atoms with van der Waals surface area (Å²) >= 11 is 1.37. The average molecular weight is 294 g/mol. The Balaban J connectivity index is 2.16. The van der Waals surface area contributed by atoms with E-state index in [9.17, 15) is 4.79 Å². The Bertz CT molecular complexity index is 595. The predicted octanol–water partition coefficient (Wildman–Crippen LogP) is 0.975. The molecule has 0 aliphatic heterocycles. The number of amides is 1. The fourth-order valence-corrected chi connectivity index (χ4v) is 2.76. The molecule has 0 spiro atoms. The lowest BCUT2D eigenvalue weighted by Gasteiger charge is -2.18. The number of carbonyl (C=O) groups is 1. The van der Waals surface area contributed by atoms with Gasteiger partial charge < -0.3 is 14.7 Å². The van der Waals surface area contributed by atoms with Crippen LogP contribution < -0.4 is 11.3 Å². The van der Waals surface area contributed by atoms with E-state index in [0.717, 1.165) is 5.65 Å². The molecule has 108 valence electrons. The molecule has 3 N–H and O–H groups in total. The smallest absolute Gasteiger partial charge is 0.232 e. The molecule has 8 heteroatoms. The fourth-order valence-electron chi connectivity index (χ4n) is 1.87. The lowest BCUT2D eigenvalue weighted by Crippen LogP contribution is -2.31. The first-order chi connectivity index (χ1) is 9.69. The van der Waals surface area contributed by atoms with Crippen molar-refractivity contribution in [3.05, 3.63) is 18.6 Å². The molecule has 1 amide bonds. The van der Waals surface area contributed by atoms with Crippen molar-refractivity contribution in [3.8, 4) is 0 Å². The highest BCUT2D eigenvalue weighted by atomic mass is 32.2. The zero-order valence-corrected chi connectivity index (χ0v) is 12.4. The Kier molecular flexibility index (Phi) is 4.80. The molecule has 0 radical (unpaired) electrons. The number of hydrazine groups is 1. The highest BCUT2D eigenvalue weighted by Gasteiger charge is 2.13. The van der Waals surface area contributed by atoms with E-state index in [0.29, 0.717) is 29.7 Å². The number of hydrogen-bond donors (Lipinski definition) is 2. The summed E-state index contributed by atoms with van der Waals surface area (Å²) in [5, 5.41) is 0.686. The number of imidazole rings is 1. The number of fused-ring (bicyclic) bond motifs is 1. The van der Waals surface area contributed by atoms with Gasteiger partial charge in [-0.25, -0.2) is 15.8 Å². The molecule has 2 rings (SSSR count). The van der Waals surface area contributed by atoms with Crippen molar-refractivity contribution in [2.24, 2.45) is 5.84 Å². The van der Waals surface area contributed by atoms with E-state index in [1.165, 1.54) is 11.8 Å². The standard InChI is InChI=1S/C12H18N6OS/c1-3-17(4-2)10(19)8-20-12-11-14-5-6-18(11)7-9(15-12)16-13/h5-7,16H,3-4,8,13H2,1-2H3. The van der Waals surface area contributed by atoms with Crippen molar-refractivity contribution in [1.29, 1.82) is 0 Å². The second-order valence-electron chi connectivity index (χ2n) is 4.09. The van der Waals surface area contributed by atoms with Gasteiger partial charge in [-0.15, -0.1) is 0 Å². The van der Waals surface area contributed by atoms with Crippen LogP contribution in [0, 0.1) is 0 Å². The van der Waals surface area contributed by atoms with Crippen LogP contribution in [0.1, 0.15) is 13.8 Å². The number of hydrogen-bond acceptors (Lipinski definition) is 6. The summed E-state index contributed by atoms with van der Waals surface area (Å²) in [6, 6.07) is 0. The van der Waals surface area contributed by atoms with Crippen LogP contribution in [0.5, 0.6) is 0 Å². The summed E-state index contributed by atoms with van der Waals surface area (Å²) < 4.78 is 1.83. The predicted molar refractivity (Wildman–Crippen MR) is 79.4 cm³/mol. The van der Waals surface area contributed by atoms with Gasteiger partial charge in [0.15, 0.2) is 11.5 Å². The maximum Gasteiger partial charge on any atom is 0.232 e. The van der Waals surface area contributed by atoms with Gasteiger partial charge in [0.2, 0.25) is 5.91 Å². The number of nitrogen functional groups attached to an aromatic ring is 1. The Hall–Kier alpha value is -1.80. The lowest BCUT2D eigenvalue weighted by molar-refractivity contribution is -0.127. The third kappa shape index (κ3) is 3.02. The molecule has 0 aliphatic rings. The van der Waals surface area contributed by atoms with Crippen LogP contribution in [0.4, 0.5) is 5.82 Å². The van der Waals surface area contributed by atoms with Gasteiger partial charge in [-0.2, -0.15) is 0 Å². The van der Waals surface area contributed by atoms with Crippen LogP contribution in [-0.4, -0.2) is 44.0 Å². The van der Waals surface area contributed by atoms with Crippen molar-refractivity contribution in [3.63, 3.8) is 0 Å². The minimum atomic E-state index is 0.0950. The number of thioether (sulfide) groups is 1. The highest BCUT2D eigenvalue weighted by molar-refractivity contribution is 8.00. The van der Waals surface area contributed by atoms with Crippen LogP contribution >= 0.6 is 11.8 Å². The molecule has 0 aromatic carbocycles. The third-order valence-electron chi connectivity index (χ3n) is 2.94.